The summed E-state index contributed by atoms with van der Waals surface area (Å²) in [5.74, 6) is -0.433. The van der Waals surface area contributed by atoms with Crippen molar-refractivity contribution in [1.29, 1.82) is 0 Å². The van der Waals surface area contributed by atoms with Crippen molar-refractivity contribution in [3.05, 3.63) is 40.2 Å². The summed E-state index contributed by atoms with van der Waals surface area (Å²) >= 11 is 0. The lowest BCUT2D eigenvalue weighted by Crippen LogP contribution is -2.47. The van der Waals surface area contributed by atoms with Crippen LogP contribution in [-0.4, -0.2) is 102 Å². The number of aryl methyl sites for hydroxylation is 1. The maximum Gasteiger partial charge on any atom is 0.279 e. The van der Waals surface area contributed by atoms with Crippen molar-refractivity contribution in [3.63, 3.8) is 0 Å². The van der Waals surface area contributed by atoms with Crippen LogP contribution in [0.15, 0.2) is 23.0 Å². The minimum absolute atomic E-state index is 0.0455. The second kappa shape index (κ2) is 9.78. The molecule has 0 radical (unpaired) electrons. The summed E-state index contributed by atoms with van der Waals surface area (Å²) in [7, 11) is 3.82. The van der Waals surface area contributed by atoms with Crippen LogP contribution in [0.25, 0.3) is 11.0 Å². The number of hydrogen-bond donors (Lipinski definition) is 1. The van der Waals surface area contributed by atoms with E-state index < -0.39 is 11.6 Å². The highest BCUT2D eigenvalue weighted by Crippen LogP contribution is 2.30. The number of pyridine rings is 1. The fourth-order valence-corrected chi connectivity index (χ4v) is 4.66. The van der Waals surface area contributed by atoms with E-state index in [1.165, 1.54) is 12.1 Å². The van der Waals surface area contributed by atoms with Crippen LogP contribution in [0.2, 0.25) is 0 Å². The van der Waals surface area contributed by atoms with Gasteiger partial charge in [0, 0.05) is 84.1 Å². The Bertz CT molecular complexity index is 1220. The monoisotopic (exact) mass is 488 g/mol. The number of nitrogens with one attached hydrogen (secondary N) is 1. The Morgan fingerprint density at radius 1 is 0.943 bits per heavy atom. The Kier molecular flexibility index (Phi) is 6.56. The van der Waals surface area contributed by atoms with Gasteiger partial charge < -0.3 is 24.4 Å². The Morgan fingerprint density at radius 2 is 1.60 bits per heavy atom. The molecule has 0 amide bonds. The molecular weight excluding hydrogens is 458 g/mol. The van der Waals surface area contributed by atoms with E-state index in [9.17, 15) is 13.6 Å². The number of anilines is 2. The molecule has 35 heavy (non-hydrogen) atoms. The standard InChI is InChI=1S/C23H30F2N8O2/c1-29-3-5-31(6-4-29)11-12-35-16-13-17(24)22(18(25)14-16)33-9-7-32(8-10-33)20-15-19-21(23(34)26-20)27-28-30(19)2/h13-15H,3-12H2,1-2H3,(H,26,34). The minimum atomic E-state index is -0.635. The Morgan fingerprint density at radius 3 is 2.29 bits per heavy atom. The number of halogens is 2. The highest BCUT2D eigenvalue weighted by Gasteiger charge is 2.25. The Labute approximate surface area is 201 Å². The van der Waals surface area contributed by atoms with E-state index in [0.717, 1.165) is 32.7 Å². The zero-order valence-electron chi connectivity index (χ0n) is 20.0. The first kappa shape index (κ1) is 23.5. The van der Waals surface area contributed by atoms with Crippen LogP contribution in [0.4, 0.5) is 20.3 Å². The predicted molar refractivity (Wildman–Crippen MR) is 129 cm³/mol. The average molecular weight is 489 g/mol. The normalized spacial score (nSPS) is 17.9. The van der Waals surface area contributed by atoms with E-state index in [0.29, 0.717) is 44.1 Å². The van der Waals surface area contributed by atoms with Gasteiger partial charge in [-0.05, 0) is 7.05 Å². The number of fused-ring (bicyclic) bond motifs is 1. The van der Waals surface area contributed by atoms with Crippen LogP contribution in [-0.2, 0) is 7.05 Å². The van der Waals surface area contributed by atoms with Crippen LogP contribution >= 0.6 is 0 Å². The number of hydrogen-bond acceptors (Lipinski definition) is 8. The van der Waals surface area contributed by atoms with Crippen LogP contribution in [0.5, 0.6) is 5.75 Å². The summed E-state index contributed by atoms with van der Waals surface area (Å²) in [6.45, 7) is 6.86. The summed E-state index contributed by atoms with van der Waals surface area (Å²) in [6, 6.07) is 4.34. The second-order valence-electron chi connectivity index (χ2n) is 9.13. The highest BCUT2D eigenvalue weighted by molar-refractivity contribution is 5.76. The third-order valence-electron chi connectivity index (χ3n) is 6.80. The van der Waals surface area contributed by atoms with Gasteiger partial charge in [0.2, 0.25) is 0 Å². The largest absolute Gasteiger partial charge is 0.492 e. The number of rotatable bonds is 6. The SMILES string of the molecule is CN1CCN(CCOc2cc(F)c(N3CCN(c4cc5c(nnn5C)c(=O)[nH]4)CC3)c(F)c2)CC1. The van der Waals surface area contributed by atoms with Gasteiger partial charge in [-0.15, -0.1) is 5.10 Å². The number of aromatic nitrogens is 4. The number of aromatic amines is 1. The molecule has 0 aliphatic carbocycles. The first-order valence-corrected chi connectivity index (χ1v) is 11.8. The summed E-state index contributed by atoms with van der Waals surface area (Å²) in [5, 5.41) is 7.76. The zero-order chi connectivity index (χ0) is 24.5. The van der Waals surface area contributed by atoms with Crippen LogP contribution in [0.1, 0.15) is 0 Å². The fourth-order valence-electron chi connectivity index (χ4n) is 4.66. The minimum Gasteiger partial charge on any atom is -0.492 e. The summed E-state index contributed by atoms with van der Waals surface area (Å²) in [6.07, 6.45) is 0. The van der Waals surface area contributed by atoms with Gasteiger partial charge in [-0.25, -0.2) is 13.5 Å². The van der Waals surface area contributed by atoms with Crippen molar-refractivity contribution in [2.75, 3.05) is 82.4 Å². The Balaban J connectivity index is 1.20. The molecule has 4 heterocycles. The molecular formula is C23H30F2N8O2. The van der Waals surface area contributed by atoms with Gasteiger partial charge >= 0.3 is 0 Å². The quantitative estimate of drug-likeness (QED) is 0.548. The van der Waals surface area contributed by atoms with Crippen LogP contribution < -0.4 is 20.1 Å². The lowest BCUT2D eigenvalue weighted by molar-refractivity contribution is 0.133. The topological polar surface area (TPSA) is 85.8 Å². The van der Waals surface area contributed by atoms with Crippen molar-refractivity contribution < 1.29 is 13.5 Å². The molecule has 1 N–H and O–H groups in total. The van der Waals surface area contributed by atoms with Crippen molar-refractivity contribution in [1.82, 2.24) is 29.8 Å². The molecule has 0 spiro atoms. The molecule has 10 nitrogen and oxygen atoms in total. The van der Waals surface area contributed by atoms with E-state index in [1.807, 2.05) is 11.0 Å². The van der Waals surface area contributed by atoms with Gasteiger partial charge in [0.05, 0.1) is 5.52 Å². The van der Waals surface area contributed by atoms with E-state index >= 15 is 0 Å². The number of ether oxygens (including phenoxy) is 1. The first-order chi connectivity index (χ1) is 16.9. The number of piperazine rings is 2. The van der Waals surface area contributed by atoms with Gasteiger partial charge in [0.1, 0.15) is 23.9 Å². The molecule has 2 aromatic heterocycles. The van der Waals surface area contributed by atoms with E-state index in [4.69, 9.17) is 4.74 Å². The molecule has 1 aromatic carbocycles. The number of H-pyrrole nitrogens is 1. The molecule has 2 aliphatic rings. The second-order valence-corrected chi connectivity index (χ2v) is 9.13. The Hall–Kier alpha value is -3.25. The number of benzene rings is 1. The summed E-state index contributed by atoms with van der Waals surface area (Å²) in [4.78, 5) is 23.4. The average Bonchev–Trinajstić information content (AvgIpc) is 3.22. The molecule has 0 saturated carbocycles. The fraction of sp³-hybridized carbons (Fsp3) is 0.522. The first-order valence-electron chi connectivity index (χ1n) is 11.8. The highest BCUT2D eigenvalue weighted by atomic mass is 19.1. The van der Waals surface area contributed by atoms with Gasteiger partial charge in [-0.3, -0.25) is 9.69 Å². The molecule has 2 fully saturated rings. The van der Waals surface area contributed by atoms with Crippen molar-refractivity contribution in [2.24, 2.45) is 7.05 Å². The lowest BCUT2D eigenvalue weighted by Gasteiger charge is -2.37. The molecule has 2 aliphatic heterocycles. The zero-order valence-corrected chi connectivity index (χ0v) is 20.0. The smallest absolute Gasteiger partial charge is 0.279 e. The maximum atomic E-state index is 14.9. The van der Waals surface area contributed by atoms with Crippen LogP contribution in [0, 0.1) is 11.6 Å². The molecule has 0 unspecified atom stereocenters. The van der Waals surface area contributed by atoms with Crippen molar-refractivity contribution in [2.45, 2.75) is 0 Å². The number of likely N-dealkylation sites (N-methyl/N-ethyl adjacent to an activating group) is 1. The van der Waals surface area contributed by atoms with Gasteiger partial charge in [0.15, 0.2) is 17.2 Å². The van der Waals surface area contributed by atoms with Crippen LogP contribution in [0.3, 0.4) is 0 Å². The van der Waals surface area contributed by atoms with Gasteiger partial charge in [-0.2, -0.15) is 0 Å². The third-order valence-corrected chi connectivity index (χ3v) is 6.80. The molecule has 0 bridgehead atoms. The number of nitrogens with zero attached hydrogens (tertiary/aromatic N) is 7. The van der Waals surface area contributed by atoms with Gasteiger partial charge in [-0.1, -0.05) is 5.21 Å². The van der Waals surface area contributed by atoms with E-state index in [1.54, 1.807) is 16.6 Å². The van der Waals surface area contributed by atoms with Gasteiger partial charge in [0.25, 0.3) is 5.56 Å². The maximum absolute atomic E-state index is 14.9. The molecule has 5 rings (SSSR count). The van der Waals surface area contributed by atoms with E-state index in [-0.39, 0.29) is 22.5 Å². The molecule has 2 saturated heterocycles. The van der Waals surface area contributed by atoms with E-state index in [2.05, 4.69) is 32.1 Å². The third kappa shape index (κ3) is 4.94. The van der Waals surface area contributed by atoms with Crippen molar-refractivity contribution >= 4 is 22.5 Å². The lowest BCUT2D eigenvalue weighted by atomic mass is 10.2. The summed E-state index contributed by atoms with van der Waals surface area (Å²) in [5.41, 5.74) is 0.556. The molecule has 12 heteroatoms. The molecule has 3 aromatic rings. The van der Waals surface area contributed by atoms with Crippen molar-refractivity contribution in [3.8, 4) is 5.75 Å². The molecule has 188 valence electrons. The molecule has 0 atom stereocenters. The predicted octanol–water partition coefficient (Wildman–Crippen LogP) is 0.888. The summed E-state index contributed by atoms with van der Waals surface area (Å²) < 4.78 is 37.0.